The van der Waals surface area contributed by atoms with E-state index in [0.717, 1.165) is 87.3 Å². The molecule has 0 saturated heterocycles. The Bertz CT molecular complexity index is 2800. The molecule has 4 nitrogen and oxygen atoms in total. The normalized spacial score (nSPS) is 11.9. The first-order valence-electron chi connectivity index (χ1n) is 15.3. The molecule has 0 saturated carbocycles. The van der Waals surface area contributed by atoms with Crippen LogP contribution in [-0.4, -0.2) is 15.0 Å². The molecule has 10 rings (SSSR count). The number of pyridine rings is 1. The number of hydrogen-bond donors (Lipinski definition) is 0. The van der Waals surface area contributed by atoms with Gasteiger partial charge in [-0.25, -0.2) is 15.0 Å². The SMILES string of the molecule is c1ccc(-c2nc(-c3ccc(-c4nc5c6ccccc6sc5c5c4oc4ccccc45)cc3)nc3c2ccc2ccccc23)cc1. The van der Waals surface area contributed by atoms with E-state index in [2.05, 4.69) is 121 Å². The fourth-order valence-corrected chi connectivity index (χ4v) is 7.89. The maximum absolute atomic E-state index is 6.53. The largest absolute Gasteiger partial charge is 0.454 e. The Kier molecular flexibility index (Phi) is 5.41. The van der Waals surface area contributed by atoms with Crippen molar-refractivity contribution in [3.8, 4) is 33.9 Å². The van der Waals surface area contributed by atoms with Crippen LogP contribution in [-0.2, 0) is 0 Å². The molecule has 0 amide bonds. The predicted octanol–water partition coefficient (Wildman–Crippen LogP) is 11.4. The lowest BCUT2D eigenvalue weighted by atomic mass is 10.0. The minimum absolute atomic E-state index is 0.690. The minimum atomic E-state index is 0.690. The van der Waals surface area contributed by atoms with Crippen molar-refractivity contribution in [3.05, 3.63) is 140 Å². The molecule has 214 valence electrons. The van der Waals surface area contributed by atoms with E-state index < -0.39 is 0 Å². The summed E-state index contributed by atoms with van der Waals surface area (Å²) in [4.78, 5) is 15.6. The van der Waals surface area contributed by atoms with E-state index in [1.807, 2.05) is 18.2 Å². The molecule has 4 heterocycles. The van der Waals surface area contributed by atoms with Gasteiger partial charge in [0.25, 0.3) is 0 Å². The van der Waals surface area contributed by atoms with Crippen LogP contribution in [0.15, 0.2) is 144 Å². The highest BCUT2D eigenvalue weighted by Gasteiger charge is 2.21. The molecule has 0 aliphatic heterocycles. The Morgan fingerprint density at radius 3 is 2.02 bits per heavy atom. The Balaban J connectivity index is 1.19. The van der Waals surface area contributed by atoms with Crippen molar-refractivity contribution < 1.29 is 4.42 Å². The van der Waals surface area contributed by atoms with Crippen LogP contribution in [0.4, 0.5) is 0 Å². The first-order valence-corrected chi connectivity index (χ1v) is 16.1. The van der Waals surface area contributed by atoms with Gasteiger partial charge in [-0.05, 0) is 23.6 Å². The molecule has 0 fully saturated rings. The molecule has 0 aliphatic rings. The summed E-state index contributed by atoms with van der Waals surface area (Å²) < 4.78 is 8.91. The second kappa shape index (κ2) is 9.80. The van der Waals surface area contributed by atoms with Crippen molar-refractivity contribution in [2.24, 2.45) is 0 Å². The van der Waals surface area contributed by atoms with Crippen molar-refractivity contribution >= 4 is 75.3 Å². The van der Waals surface area contributed by atoms with Crippen molar-refractivity contribution in [3.63, 3.8) is 0 Å². The Morgan fingerprint density at radius 2 is 1.15 bits per heavy atom. The monoisotopic (exact) mass is 605 g/mol. The smallest absolute Gasteiger partial charge is 0.163 e. The van der Waals surface area contributed by atoms with E-state index in [0.29, 0.717) is 5.82 Å². The van der Waals surface area contributed by atoms with Crippen LogP contribution in [0, 0.1) is 0 Å². The Labute approximate surface area is 267 Å². The van der Waals surface area contributed by atoms with Gasteiger partial charge in [-0.1, -0.05) is 121 Å². The summed E-state index contributed by atoms with van der Waals surface area (Å²) in [6, 6.07) is 48.3. The summed E-state index contributed by atoms with van der Waals surface area (Å²) in [5, 5.41) is 6.71. The second-order valence-electron chi connectivity index (χ2n) is 11.6. The third-order valence-electron chi connectivity index (χ3n) is 8.89. The van der Waals surface area contributed by atoms with E-state index in [-0.39, 0.29) is 0 Å². The third-order valence-corrected chi connectivity index (χ3v) is 10.1. The summed E-state index contributed by atoms with van der Waals surface area (Å²) in [6.45, 7) is 0. The zero-order chi connectivity index (χ0) is 30.2. The number of nitrogens with zero attached hydrogens (tertiary/aromatic N) is 3. The first kappa shape index (κ1) is 25.4. The average molecular weight is 606 g/mol. The molecule has 46 heavy (non-hydrogen) atoms. The minimum Gasteiger partial charge on any atom is -0.454 e. The van der Waals surface area contributed by atoms with E-state index >= 15 is 0 Å². The molecule has 5 heteroatoms. The van der Waals surface area contributed by atoms with Gasteiger partial charge in [0.2, 0.25) is 0 Å². The molecule has 0 spiro atoms. The van der Waals surface area contributed by atoms with Crippen molar-refractivity contribution in [2.75, 3.05) is 0 Å². The molecule has 6 aromatic carbocycles. The highest BCUT2D eigenvalue weighted by molar-refractivity contribution is 7.26. The number of thiophene rings is 1. The number of aromatic nitrogens is 3. The molecule has 4 aromatic heterocycles. The topological polar surface area (TPSA) is 51.8 Å². The van der Waals surface area contributed by atoms with Crippen molar-refractivity contribution in [1.82, 2.24) is 15.0 Å². The fourth-order valence-electron chi connectivity index (χ4n) is 6.69. The zero-order valence-electron chi connectivity index (χ0n) is 24.4. The van der Waals surface area contributed by atoms with Gasteiger partial charge in [-0.15, -0.1) is 11.3 Å². The lowest BCUT2D eigenvalue weighted by Gasteiger charge is -2.12. The number of hydrogen-bond acceptors (Lipinski definition) is 5. The lowest BCUT2D eigenvalue weighted by molar-refractivity contribution is 0.669. The molecular weight excluding hydrogens is 583 g/mol. The van der Waals surface area contributed by atoms with Crippen LogP contribution in [0.2, 0.25) is 0 Å². The number of benzene rings is 6. The van der Waals surface area contributed by atoms with E-state index in [1.165, 1.54) is 4.70 Å². The van der Waals surface area contributed by atoms with Gasteiger partial charge in [-0.2, -0.15) is 0 Å². The summed E-state index contributed by atoms with van der Waals surface area (Å²) in [5.74, 6) is 0.690. The van der Waals surface area contributed by atoms with Gasteiger partial charge in [0, 0.05) is 48.3 Å². The van der Waals surface area contributed by atoms with Crippen LogP contribution in [0.25, 0.3) is 97.8 Å². The van der Waals surface area contributed by atoms with Crippen LogP contribution in [0.1, 0.15) is 0 Å². The Morgan fingerprint density at radius 1 is 0.457 bits per heavy atom. The quantitative estimate of drug-likeness (QED) is 0.188. The summed E-state index contributed by atoms with van der Waals surface area (Å²) >= 11 is 1.78. The molecule has 0 aliphatic carbocycles. The van der Waals surface area contributed by atoms with Gasteiger partial charge in [0.1, 0.15) is 11.3 Å². The standard InChI is InChI=1S/C41H23N3OS/c1-2-11-25(12-3-1)35-31-23-22-24-10-4-5-13-28(24)37(31)44-41(43-35)27-20-18-26(19-21-27)36-39-34(29-14-6-8-16-32(29)45-39)40-38(42-36)30-15-7-9-17-33(30)46-40/h1-23H. The van der Waals surface area contributed by atoms with Gasteiger partial charge >= 0.3 is 0 Å². The maximum atomic E-state index is 6.53. The van der Waals surface area contributed by atoms with Crippen LogP contribution < -0.4 is 0 Å². The second-order valence-corrected chi connectivity index (χ2v) is 12.6. The zero-order valence-corrected chi connectivity index (χ0v) is 25.3. The van der Waals surface area contributed by atoms with Crippen molar-refractivity contribution in [2.45, 2.75) is 0 Å². The molecule has 10 aromatic rings. The van der Waals surface area contributed by atoms with E-state index in [9.17, 15) is 0 Å². The summed E-state index contributed by atoms with van der Waals surface area (Å²) in [7, 11) is 0. The van der Waals surface area contributed by atoms with Crippen molar-refractivity contribution in [1.29, 1.82) is 0 Å². The van der Waals surface area contributed by atoms with Gasteiger partial charge in [0.15, 0.2) is 11.4 Å². The van der Waals surface area contributed by atoms with Gasteiger partial charge < -0.3 is 4.42 Å². The predicted molar refractivity (Wildman–Crippen MR) is 191 cm³/mol. The average Bonchev–Trinajstić information content (AvgIpc) is 3.70. The molecule has 0 atom stereocenters. The molecule has 0 radical (unpaired) electrons. The van der Waals surface area contributed by atoms with Crippen LogP contribution in [0.5, 0.6) is 0 Å². The number of para-hydroxylation sites is 1. The third kappa shape index (κ3) is 3.76. The summed E-state index contributed by atoms with van der Waals surface area (Å²) in [6.07, 6.45) is 0. The van der Waals surface area contributed by atoms with E-state index in [4.69, 9.17) is 19.4 Å². The lowest BCUT2D eigenvalue weighted by Crippen LogP contribution is -1.96. The van der Waals surface area contributed by atoms with Crippen LogP contribution >= 0.6 is 11.3 Å². The Hall–Kier alpha value is -5.91. The first-order chi connectivity index (χ1) is 22.8. The van der Waals surface area contributed by atoms with Gasteiger partial charge in [0.05, 0.1) is 21.4 Å². The summed E-state index contributed by atoms with van der Waals surface area (Å²) in [5.41, 5.74) is 8.40. The highest BCUT2D eigenvalue weighted by atomic mass is 32.1. The highest BCUT2D eigenvalue weighted by Crippen LogP contribution is 2.45. The number of fused-ring (bicyclic) bond motifs is 10. The van der Waals surface area contributed by atoms with Gasteiger partial charge in [-0.3, -0.25) is 0 Å². The molecule has 0 bridgehead atoms. The number of furan rings is 1. The molecule has 0 unspecified atom stereocenters. The maximum Gasteiger partial charge on any atom is 0.163 e. The van der Waals surface area contributed by atoms with Crippen LogP contribution in [0.3, 0.4) is 0 Å². The fraction of sp³-hybridized carbons (Fsp3) is 0. The number of rotatable bonds is 3. The molecular formula is C41H23N3OS. The molecule has 0 N–H and O–H groups in total. The van der Waals surface area contributed by atoms with E-state index in [1.54, 1.807) is 11.3 Å².